The van der Waals surface area contributed by atoms with Crippen LogP contribution in [0.2, 0.25) is 0 Å². The summed E-state index contributed by atoms with van der Waals surface area (Å²) in [6, 6.07) is 15.7. The van der Waals surface area contributed by atoms with Gasteiger partial charge >= 0.3 is 0 Å². The van der Waals surface area contributed by atoms with E-state index in [0.717, 1.165) is 5.69 Å². The average Bonchev–Trinajstić information content (AvgIpc) is 3.20. The normalized spacial score (nSPS) is 16.2. The lowest BCUT2D eigenvalue weighted by atomic mass is 9.94. The van der Waals surface area contributed by atoms with E-state index < -0.39 is 17.7 Å². The van der Waals surface area contributed by atoms with Gasteiger partial charge < -0.3 is 29.3 Å². The summed E-state index contributed by atoms with van der Waals surface area (Å²) in [5, 5.41) is 22.0. The fourth-order valence-electron chi connectivity index (χ4n) is 4.67. The molecule has 1 aliphatic heterocycles. The minimum absolute atomic E-state index is 0.0805. The summed E-state index contributed by atoms with van der Waals surface area (Å²) in [4.78, 5) is 30.5. The van der Waals surface area contributed by atoms with Crippen LogP contribution in [-0.2, 0) is 9.59 Å². The van der Waals surface area contributed by atoms with E-state index in [9.17, 15) is 19.8 Å². The van der Waals surface area contributed by atoms with Crippen LogP contribution in [0.1, 0.15) is 37.9 Å². The van der Waals surface area contributed by atoms with Gasteiger partial charge in [0.15, 0.2) is 11.5 Å². The van der Waals surface area contributed by atoms with Gasteiger partial charge in [0.2, 0.25) is 0 Å². The maximum absolute atomic E-state index is 13.6. The number of phenols is 1. The summed E-state index contributed by atoms with van der Waals surface area (Å²) in [6.07, 6.45) is 0. The van der Waals surface area contributed by atoms with Crippen molar-refractivity contribution in [3.05, 3.63) is 77.4 Å². The van der Waals surface area contributed by atoms with Gasteiger partial charge in [-0.25, -0.2) is 0 Å². The largest absolute Gasteiger partial charge is 0.507 e. The Hall–Kier alpha value is -4.66. The third-order valence-electron chi connectivity index (χ3n) is 6.51. The van der Waals surface area contributed by atoms with Crippen molar-refractivity contribution in [3.8, 4) is 23.0 Å². The quantitative estimate of drug-likeness (QED) is 0.201. The number of hydrogen-bond donors (Lipinski definition) is 2. The van der Waals surface area contributed by atoms with Crippen LogP contribution in [0.15, 0.2) is 66.2 Å². The van der Waals surface area contributed by atoms with Gasteiger partial charge in [0.1, 0.15) is 17.3 Å². The first-order chi connectivity index (χ1) is 19.2. The number of aliphatic hydroxyl groups excluding tert-OH is 1. The molecule has 9 nitrogen and oxygen atoms in total. The molecule has 1 atom stereocenters. The number of ketones is 1. The highest BCUT2D eigenvalue weighted by molar-refractivity contribution is 6.51. The molecule has 1 saturated heterocycles. The van der Waals surface area contributed by atoms with Gasteiger partial charge in [-0.3, -0.25) is 14.5 Å². The van der Waals surface area contributed by atoms with Crippen LogP contribution >= 0.6 is 0 Å². The minimum atomic E-state index is -1.01. The van der Waals surface area contributed by atoms with Gasteiger partial charge in [0.25, 0.3) is 11.7 Å². The molecule has 3 aromatic carbocycles. The van der Waals surface area contributed by atoms with E-state index in [4.69, 9.17) is 14.2 Å². The second-order valence-corrected chi connectivity index (χ2v) is 9.26. The molecule has 0 radical (unpaired) electrons. The molecular formula is C31H34N2O7. The van der Waals surface area contributed by atoms with Crippen LogP contribution in [0.3, 0.4) is 0 Å². The molecule has 1 aliphatic rings. The molecule has 1 amide bonds. The van der Waals surface area contributed by atoms with Crippen LogP contribution in [0.4, 0.5) is 11.4 Å². The van der Waals surface area contributed by atoms with Gasteiger partial charge in [-0.15, -0.1) is 0 Å². The molecule has 9 heteroatoms. The van der Waals surface area contributed by atoms with E-state index in [1.165, 1.54) is 11.0 Å². The zero-order valence-electron chi connectivity index (χ0n) is 23.3. The lowest BCUT2D eigenvalue weighted by molar-refractivity contribution is -0.132. The van der Waals surface area contributed by atoms with Crippen molar-refractivity contribution in [2.24, 2.45) is 0 Å². The maximum atomic E-state index is 13.6. The molecule has 40 heavy (non-hydrogen) atoms. The number of ether oxygens (including phenoxy) is 3. The summed E-state index contributed by atoms with van der Waals surface area (Å²) >= 11 is 0. The first-order valence-electron chi connectivity index (χ1n) is 13.2. The number of phenolic OH excluding ortho intramolecular Hbond substituents is 1. The summed E-state index contributed by atoms with van der Waals surface area (Å²) in [5.74, 6) is -1.05. The van der Waals surface area contributed by atoms with Gasteiger partial charge in [-0.2, -0.15) is 0 Å². The third kappa shape index (κ3) is 5.40. The van der Waals surface area contributed by atoms with E-state index in [2.05, 4.69) is 0 Å². The topological polar surface area (TPSA) is 109 Å². The maximum Gasteiger partial charge on any atom is 0.300 e. The summed E-state index contributed by atoms with van der Waals surface area (Å²) in [5.41, 5.74) is 2.00. The highest BCUT2D eigenvalue weighted by Crippen LogP contribution is 2.45. The highest BCUT2D eigenvalue weighted by atomic mass is 16.5. The molecule has 4 rings (SSSR count). The number of anilines is 2. The molecular weight excluding hydrogens is 512 g/mol. The van der Waals surface area contributed by atoms with Crippen molar-refractivity contribution in [1.29, 1.82) is 0 Å². The molecule has 3 aromatic rings. The van der Waals surface area contributed by atoms with E-state index in [0.29, 0.717) is 42.6 Å². The van der Waals surface area contributed by atoms with Gasteiger partial charge in [0, 0.05) is 31.5 Å². The predicted octanol–water partition coefficient (Wildman–Crippen LogP) is 5.28. The lowest BCUT2D eigenvalue weighted by Gasteiger charge is -2.26. The molecule has 210 valence electrons. The number of rotatable bonds is 10. The Balaban J connectivity index is 1.95. The Morgan fingerprint density at radius 2 is 1.50 bits per heavy atom. The number of benzene rings is 3. The fraction of sp³-hybridized carbons (Fsp3) is 0.290. The first-order valence-corrected chi connectivity index (χ1v) is 13.2. The molecule has 2 N–H and O–H groups in total. The zero-order valence-corrected chi connectivity index (χ0v) is 23.3. The minimum Gasteiger partial charge on any atom is -0.507 e. The van der Waals surface area contributed by atoms with E-state index in [-0.39, 0.29) is 28.4 Å². The summed E-state index contributed by atoms with van der Waals surface area (Å²) in [6.45, 7) is 6.49. The molecule has 1 fully saturated rings. The van der Waals surface area contributed by atoms with Crippen LogP contribution in [0, 0.1) is 0 Å². The molecule has 0 saturated carbocycles. The number of amides is 1. The monoisotopic (exact) mass is 546 g/mol. The van der Waals surface area contributed by atoms with Crippen molar-refractivity contribution < 1.29 is 34.0 Å². The van der Waals surface area contributed by atoms with E-state index in [1.54, 1.807) is 56.3 Å². The standard InChI is InChI=1S/C31H34N2O7/c1-6-38-22-14-15-23(25(18-22)39-7-2)29(35)27-28(19-9-16-24(34)26(17-19)40-8-3)33(31(37)30(27)36)21-12-10-20(11-13-21)32(4)5/h9-18,28,34-35H,6-8H2,1-5H3/b29-27+. The van der Waals surface area contributed by atoms with Gasteiger partial charge in [0.05, 0.1) is 37.0 Å². The molecule has 0 spiro atoms. The summed E-state index contributed by atoms with van der Waals surface area (Å²) < 4.78 is 16.9. The Labute approximate surface area is 233 Å². The van der Waals surface area contributed by atoms with Crippen molar-refractivity contribution >= 4 is 28.8 Å². The van der Waals surface area contributed by atoms with Crippen molar-refractivity contribution in [1.82, 2.24) is 0 Å². The smallest absolute Gasteiger partial charge is 0.300 e. The Kier molecular flexibility index (Phi) is 8.52. The Morgan fingerprint density at radius 1 is 0.850 bits per heavy atom. The Bertz CT molecular complexity index is 1430. The predicted molar refractivity (Wildman–Crippen MR) is 154 cm³/mol. The third-order valence-corrected chi connectivity index (χ3v) is 6.51. The average molecular weight is 547 g/mol. The fourth-order valence-corrected chi connectivity index (χ4v) is 4.67. The van der Waals surface area contributed by atoms with Crippen LogP contribution in [0.25, 0.3) is 5.76 Å². The molecule has 0 bridgehead atoms. The number of Topliss-reactive ketones (excluding diaryl/α,β-unsaturated/α-hetero) is 1. The second kappa shape index (κ2) is 12.0. The number of aliphatic hydroxyl groups is 1. The van der Waals surface area contributed by atoms with Crippen molar-refractivity contribution in [2.75, 3.05) is 43.7 Å². The van der Waals surface area contributed by atoms with Gasteiger partial charge in [-0.05, 0) is 74.9 Å². The number of nitrogens with zero attached hydrogens (tertiary/aromatic N) is 2. The van der Waals surface area contributed by atoms with E-state index >= 15 is 0 Å². The van der Waals surface area contributed by atoms with Crippen molar-refractivity contribution in [2.45, 2.75) is 26.8 Å². The van der Waals surface area contributed by atoms with Crippen molar-refractivity contribution in [3.63, 3.8) is 0 Å². The zero-order chi connectivity index (χ0) is 29.0. The van der Waals surface area contributed by atoms with E-state index in [1.807, 2.05) is 38.1 Å². The second-order valence-electron chi connectivity index (χ2n) is 9.26. The highest BCUT2D eigenvalue weighted by Gasteiger charge is 2.47. The SMILES string of the molecule is CCOc1ccc(/C(O)=C2\C(=O)C(=O)N(c3ccc(N(C)C)cc3)C2c2ccc(O)c(OCC)c2)c(OCC)c1. The van der Waals surface area contributed by atoms with Gasteiger partial charge in [-0.1, -0.05) is 6.07 Å². The van der Waals surface area contributed by atoms with Crippen LogP contribution < -0.4 is 24.0 Å². The van der Waals surface area contributed by atoms with Crippen LogP contribution in [-0.4, -0.2) is 55.8 Å². The molecule has 0 aliphatic carbocycles. The molecule has 1 unspecified atom stereocenters. The number of carbonyl (C=O) groups is 2. The number of aromatic hydroxyl groups is 1. The van der Waals surface area contributed by atoms with Crippen LogP contribution in [0.5, 0.6) is 23.0 Å². The number of carbonyl (C=O) groups excluding carboxylic acids is 2. The lowest BCUT2D eigenvalue weighted by Crippen LogP contribution is -2.29. The summed E-state index contributed by atoms with van der Waals surface area (Å²) in [7, 11) is 3.80. The number of hydrogen-bond acceptors (Lipinski definition) is 8. The molecule has 0 aromatic heterocycles. The first kappa shape index (κ1) is 28.4. The molecule has 1 heterocycles. The Morgan fingerprint density at radius 3 is 2.12 bits per heavy atom.